The van der Waals surface area contributed by atoms with Gasteiger partial charge < -0.3 is 10.6 Å². The van der Waals surface area contributed by atoms with Crippen molar-refractivity contribution in [2.24, 2.45) is 0 Å². The van der Waals surface area contributed by atoms with Gasteiger partial charge in [0.15, 0.2) is 0 Å². The second kappa shape index (κ2) is 6.90. The smallest absolute Gasteiger partial charge is 0.229 e. The molecule has 0 aliphatic rings. The standard InChI is InChI=1S/C13H16BrN5S/c1-19(2)13-17-11(16-12(15)18-13)8-20-7-9-5-3-4-6-10(9)14/h3-6H,7-8H2,1-2H3,(H2,15,16,17,18). The summed E-state index contributed by atoms with van der Waals surface area (Å²) in [5.41, 5.74) is 6.96. The third-order valence-corrected chi connectivity index (χ3v) is 4.28. The summed E-state index contributed by atoms with van der Waals surface area (Å²) in [5.74, 6) is 3.16. The Morgan fingerprint density at radius 1 is 1.15 bits per heavy atom. The van der Waals surface area contributed by atoms with Gasteiger partial charge in [0, 0.05) is 24.3 Å². The first kappa shape index (κ1) is 15.1. The van der Waals surface area contributed by atoms with Crippen molar-refractivity contribution in [1.29, 1.82) is 0 Å². The van der Waals surface area contributed by atoms with E-state index in [2.05, 4.69) is 36.9 Å². The highest BCUT2D eigenvalue weighted by Crippen LogP contribution is 2.23. The number of rotatable bonds is 5. The van der Waals surface area contributed by atoms with Crippen LogP contribution in [0, 0.1) is 0 Å². The number of thioether (sulfide) groups is 1. The number of hydrogen-bond donors (Lipinski definition) is 1. The first-order valence-electron chi connectivity index (χ1n) is 6.05. The van der Waals surface area contributed by atoms with Crippen molar-refractivity contribution in [2.45, 2.75) is 11.5 Å². The maximum Gasteiger partial charge on any atom is 0.229 e. The van der Waals surface area contributed by atoms with Gasteiger partial charge in [-0.15, -0.1) is 11.8 Å². The van der Waals surface area contributed by atoms with Crippen LogP contribution in [0.15, 0.2) is 28.7 Å². The molecule has 0 atom stereocenters. The first-order valence-corrected chi connectivity index (χ1v) is 8.00. The molecule has 0 spiro atoms. The highest BCUT2D eigenvalue weighted by atomic mass is 79.9. The summed E-state index contributed by atoms with van der Waals surface area (Å²) in [5, 5.41) is 0. The lowest BCUT2D eigenvalue weighted by Gasteiger charge is -2.11. The summed E-state index contributed by atoms with van der Waals surface area (Å²) < 4.78 is 1.12. The summed E-state index contributed by atoms with van der Waals surface area (Å²) in [7, 11) is 3.76. The van der Waals surface area contributed by atoms with Gasteiger partial charge in [0.1, 0.15) is 5.82 Å². The summed E-state index contributed by atoms with van der Waals surface area (Å²) in [6, 6.07) is 8.19. The molecule has 0 aliphatic heterocycles. The lowest BCUT2D eigenvalue weighted by molar-refractivity contribution is 0.919. The average Bonchev–Trinajstić information content (AvgIpc) is 2.40. The molecular weight excluding hydrogens is 338 g/mol. The molecule has 1 heterocycles. The van der Waals surface area contributed by atoms with Gasteiger partial charge in [0.25, 0.3) is 0 Å². The number of nitrogen functional groups attached to an aromatic ring is 1. The predicted octanol–water partition coefficient (Wildman–Crippen LogP) is 2.72. The van der Waals surface area contributed by atoms with Crippen molar-refractivity contribution < 1.29 is 0 Å². The zero-order valence-electron chi connectivity index (χ0n) is 11.4. The van der Waals surface area contributed by atoms with Crippen LogP contribution in [0.2, 0.25) is 0 Å². The molecule has 0 bridgehead atoms. The number of nitrogens with two attached hydrogens (primary N) is 1. The Hall–Kier alpha value is -1.34. The second-order valence-electron chi connectivity index (χ2n) is 4.39. The molecular formula is C13H16BrN5S. The van der Waals surface area contributed by atoms with Gasteiger partial charge in [-0.25, -0.2) is 0 Å². The van der Waals surface area contributed by atoms with Crippen LogP contribution in [0.1, 0.15) is 11.4 Å². The molecule has 106 valence electrons. The van der Waals surface area contributed by atoms with Gasteiger partial charge in [0.05, 0.1) is 5.75 Å². The molecule has 1 aromatic heterocycles. The van der Waals surface area contributed by atoms with Gasteiger partial charge >= 0.3 is 0 Å². The van der Waals surface area contributed by atoms with E-state index >= 15 is 0 Å². The van der Waals surface area contributed by atoms with Crippen LogP contribution in [-0.4, -0.2) is 29.0 Å². The van der Waals surface area contributed by atoms with E-state index in [1.807, 2.05) is 37.2 Å². The van der Waals surface area contributed by atoms with Crippen molar-refractivity contribution in [3.8, 4) is 0 Å². The van der Waals surface area contributed by atoms with E-state index in [1.165, 1.54) is 5.56 Å². The highest BCUT2D eigenvalue weighted by molar-refractivity contribution is 9.10. The molecule has 2 N–H and O–H groups in total. The molecule has 0 saturated heterocycles. The molecule has 0 aliphatic carbocycles. The normalized spacial score (nSPS) is 10.6. The van der Waals surface area contributed by atoms with Gasteiger partial charge in [-0.05, 0) is 11.6 Å². The quantitative estimate of drug-likeness (QED) is 0.891. The second-order valence-corrected chi connectivity index (χ2v) is 6.23. The molecule has 2 aromatic rings. The van der Waals surface area contributed by atoms with Crippen LogP contribution in [0.25, 0.3) is 0 Å². The summed E-state index contributed by atoms with van der Waals surface area (Å²) in [4.78, 5) is 14.4. The molecule has 0 amide bonds. The average molecular weight is 354 g/mol. The van der Waals surface area contributed by atoms with Crippen LogP contribution >= 0.6 is 27.7 Å². The Balaban J connectivity index is 1.99. The lowest BCUT2D eigenvalue weighted by Crippen LogP contribution is -2.15. The van der Waals surface area contributed by atoms with Crippen LogP contribution in [-0.2, 0) is 11.5 Å². The van der Waals surface area contributed by atoms with Crippen molar-refractivity contribution in [1.82, 2.24) is 15.0 Å². The number of aromatic nitrogens is 3. The maximum atomic E-state index is 5.70. The Morgan fingerprint density at radius 3 is 2.60 bits per heavy atom. The van der Waals surface area contributed by atoms with Gasteiger partial charge in [-0.3, -0.25) is 0 Å². The first-order chi connectivity index (χ1) is 9.56. The molecule has 0 saturated carbocycles. The molecule has 0 unspecified atom stereocenters. The largest absolute Gasteiger partial charge is 0.368 e. The minimum Gasteiger partial charge on any atom is -0.368 e. The SMILES string of the molecule is CN(C)c1nc(N)nc(CSCc2ccccc2Br)n1. The summed E-state index contributed by atoms with van der Waals surface area (Å²) in [6.07, 6.45) is 0. The van der Waals surface area contributed by atoms with Crippen molar-refractivity contribution in [3.63, 3.8) is 0 Å². The van der Waals surface area contributed by atoms with Gasteiger partial charge in [-0.2, -0.15) is 15.0 Å². The van der Waals surface area contributed by atoms with Crippen molar-refractivity contribution >= 4 is 39.6 Å². The van der Waals surface area contributed by atoms with E-state index in [-0.39, 0.29) is 5.95 Å². The maximum absolute atomic E-state index is 5.70. The Morgan fingerprint density at radius 2 is 1.90 bits per heavy atom. The van der Waals surface area contributed by atoms with E-state index in [9.17, 15) is 0 Å². The van der Waals surface area contributed by atoms with E-state index in [0.29, 0.717) is 17.5 Å². The third-order valence-electron chi connectivity index (χ3n) is 2.53. The van der Waals surface area contributed by atoms with Gasteiger partial charge in [-0.1, -0.05) is 34.1 Å². The number of benzene rings is 1. The van der Waals surface area contributed by atoms with Gasteiger partial charge in [0.2, 0.25) is 11.9 Å². The fraction of sp³-hybridized carbons (Fsp3) is 0.308. The van der Waals surface area contributed by atoms with Crippen LogP contribution in [0.3, 0.4) is 0 Å². The molecule has 2 rings (SSSR count). The fourth-order valence-electron chi connectivity index (χ4n) is 1.56. The minimum absolute atomic E-state index is 0.264. The minimum atomic E-state index is 0.264. The molecule has 1 aromatic carbocycles. The molecule has 0 radical (unpaired) electrons. The fourth-order valence-corrected chi connectivity index (χ4v) is 3.05. The number of halogens is 1. The molecule has 20 heavy (non-hydrogen) atoms. The van der Waals surface area contributed by atoms with E-state index in [0.717, 1.165) is 10.2 Å². The molecule has 7 heteroatoms. The number of hydrogen-bond acceptors (Lipinski definition) is 6. The van der Waals surface area contributed by atoms with E-state index < -0.39 is 0 Å². The summed E-state index contributed by atoms with van der Waals surface area (Å²) in [6.45, 7) is 0. The lowest BCUT2D eigenvalue weighted by atomic mass is 10.2. The Kier molecular flexibility index (Phi) is 5.19. The summed E-state index contributed by atoms with van der Waals surface area (Å²) >= 11 is 5.29. The number of nitrogens with zero attached hydrogens (tertiary/aromatic N) is 4. The topological polar surface area (TPSA) is 67.9 Å². The van der Waals surface area contributed by atoms with Crippen molar-refractivity contribution in [2.75, 3.05) is 24.7 Å². The van der Waals surface area contributed by atoms with E-state index in [4.69, 9.17) is 5.73 Å². The number of anilines is 2. The monoisotopic (exact) mass is 353 g/mol. The van der Waals surface area contributed by atoms with Crippen molar-refractivity contribution in [3.05, 3.63) is 40.1 Å². The van der Waals surface area contributed by atoms with E-state index in [1.54, 1.807) is 11.8 Å². The third kappa shape index (κ3) is 4.08. The molecule has 5 nitrogen and oxygen atoms in total. The zero-order chi connectivity index (χ0) is 14.5. The zero-order valence-corrected chi connectivity index (χ0v) is 13.8. The Bertz CT molecular complexity index is 591. The van der Waals surface area contributed by atoms with Crippen LogP contribution < -0.4 is 10.6 Å². The molecule has 0 fully saturated rings. The Labute approximate surface area is 131 Å². The van der Waals surface area contributed by atoms with Crippen LogP contribution in [0.5, 0.6) is 0 Å². The predicted molar refractivity (Wildman–Crippen MR) is 87.7 cm³/mol. The van der Waals surface area contributed by atoms with Crippen LogP contribution in [0.4, 0.5) is 11.9 Å². The highest BCUT2D eigenvalue weighted by Gasteiger charge is 2.07.